The highest BCUT2D eigenvalue weighted by molar-refractivity contribution is 5.73. The van der Waals surface area contributed by atoms with Crippen LogP contribution in [-0.4, -0.2) is 20.9 Å². The van der Waals surface area contributed by atoms with Gasteiger partial charge in [-0.2, -0.15) is 0 Å². The van der Waals surface area contributed by atoms with E-state index in [1.165, 1.54) is 23.9 Å². The zero-order valence-electron chi connectivity index (χ0n) is 10.8. The first-order valence-corrected chi connectivity index (χ1v) is 6.48. The van der Waals surface area contributed by atoms with E-state index in [1.54, 1.807) is 6.20 Å². The average molecular weight is 251 g/mol. The molecule has 0 radical (unpaired) electrons. The monoisotopic (exact) mass is 251 g/mol. The van der Waals surface area contributed by atoms with Gasteiger partial charge in [0, 0.05) is 0 Å². The summed E-state index contributed by atoms with van der Waals surface area (Å²) >= 11 is 0. The van der Waals surface area contributed by atoms with E-state index >= 15 is 0 Å². The molecule has 0 bridgehead atoms. The van der Waals surface area contributed by atoms with E-state index in [9.17, 15) is 4.79 Å². The lowest BCUT2D eigenvalue weighted by atomic mass is 9.75. The minimum absolute atomic E-state index is 0.0494. The number of nitrogens with zero attached hydrogens (tertiary/aromatic N) is 3. The predicted molar refractivity (Wildman–Crippen MR) is 67.3 cm³/mol. The Morgan fingerprint density at radius 3 is 2.78 bits per heavy atom. The predicted octanol–water partition coefficient (Wildman–Crippen LogP) is 0.518. The summed E-state index contributed by atoms with van der Waals surface area (Å²) in [6, 6.07) is 0. The molecule has 1 atom stereocenters. The minimum Gasteiger partial charge on any atom is -0.368 e. The molecule has 100 valence electrons. The van der Waals surface area contributed by atoms with Crippen molar-refractivity contribution < 1.29 is 4.79 Å². The number of amides is 1. The fraction of sp³-hybridized carbons (Fsp3) is 0.750. The van der Waals surface area contributed by atoms with Crippen LogP contribution in [0.4, 0.5) is 0 Å². The van der Waals surface area contributed by atoms with Crippen molar-refractivity contribution in [2.45, 2.75) is 51.1 Å². The summed E-state index contributed by atoms with van der Waals surface area (Å²) in [5.74, 6) is 0.00724. The van der Waals surface area contributed by atoms with E-state index in [1.807, 2.05) is 6.92 Å². The largest absolute Gasteiger partial charge is 0.368 e. The average Bonchev–Trinajstić information content (AvgIpc) is 2.78. The summed E-state index contributed by atoms with van der Waals surface area (Å²) in [7, 11) is 0. The van der Waals surface area contributed by atoms with Crippen molar-refractivity contribution in [2.75, 3.05) is 0 Å². The Labute approximate surface area is 107 Å². The molecule has 1 fully saturated rings. The van der Waals surface area contributed by atoms with Crippen LogP contribution in [0.5, 0.6) is 0 Å². The smallest absolute Gasteiger partial charge is 0.239 e. The molecule has 0 unspecified atom stereocenters. The molecule has 0 spiro atoms. The molecule has 18 heavy (non-hydrogen) atoms. The zero-order chi connectivity index (χ0) is 13.2. The van der Waals surface area contributed by atoms with Gasteiger partial charge in [0.15, 0.2) is 0 Å². The second-order valence-electron chi connectivity index (χ2n) is 5.39. The van der Waals surface area contributed by atoms with Gasteiger partial charge in [0.2, 0.25) is 5.91 Å². The van der Waals surface area contributed by atoms with Crippen molar-refractivity contribution >= 4 is 5.91 Å². The Morgan fingerprint density at radius 1 is 1.50 bits per heavy atom. The highest BCUT2D eigenvalue weighted by atomic mass is 16.1. The maximum absolute atomic E-state index is 10.8. The van der Waals surface area contributed by atoms with Crippen LogP contribution in [0.1, 0.15) is 44.7 Å². The van der Waals surface area contributed by atoms with Crippen LogP contribution in [0.15, 0.2) is 6.20 Å². The number of aromatic nitrogens is 3. The number of carbonyl (C=O) groups is 1. The van der Waals surface area contributed by atoms with E-state index in [-0.39, 0.29) is 6.54 Å². The van der Waals surface area contributed by atoms with Gasteiger partial charge in [0.25, 0.3) is 0 Å². The number of rotatable bonds is 4. The molecule has 2 rings (SSSR count). The Bertz CT molecular complexity index is 420. The molecule has 0 saturated heterocycles. The summed E-state index contributed by atoms with van der Waals surface area (Å²) in [5, 5.41) is 8.00. The summed E-state index contributed by atoms with van der Waals surface area (Å²) < 4.78 is 1.45. The molecule has 0 aromatic carbocycles. The van der Waals surface area contributed by atoms with E-state index in [0.29, 0.717) is 5.92 Å². The van der Waals surface area contributed by atoms with Gasteiger partial charge in [0.1, 0.15) is 12.2 Å². The van der Waals surface area contributed by atoms with Crippen LogP contribution >= 0.6 is 0 Å². The van der Waals surface area contributed by atoms with Crippen LogP contribution in [0.3, 0.4) is 0 Å². The maximum atomic E-state index is 10.8. The normalized spacial score (nSPS) is 20.6. The first kappa shape index (κ1) is 13.0. The third-order valence-corrected chi connectivity index (χ3v) is 3.86. The van der Waals surface area contributed by atoms with Gasteiger partial charge in [0.05, 0.1) is 11.7 Å². The second kappa shape index (κ2) is 5.06. The van der Waals surface area contributed by atoms with Crippen molar-refractivity contribution in [3.63, 3.8) is 0 Å². The number of hydrogen-bond acceptors (Lipinski definition) is 4. The third kappa shape index (κ3) is 2.69. The van der Waals surface area contributed by atoms with Crippen LogP contribution in [0.25, 0.3) is 0 Å². The molecular formula is C12H21N5O. The molecule has 1 aromatic rings. The lowest BCUT2D eigenvalue weighted by Gasteiger charge is -2.35. The maximum Gasteiger partial charge on any atom is 0.239 e. The van der Waals surface area contributed by atoms with Crippen molar-refractivity contribution in [1.82, 2.24) is 15.0 Å². The second-order valence-corrected chi connectivity index (χ2v) is 5.39. The molecule has 1 aliphatic carbocycles. The van der Waals surface area contributed by atoms with E-state index in [0.717, 1.165) is 18.5 Å². The Balaban J connectivity index is 2.12. The van der Waals surface area contributed by atoms with Gasteiger partial charge in [-0.1, -0.05) is 24.5 Å². The molecular weight excluding hydrogens is 230 g/mol. The fourth-order valence-corrected chi connectivity index (χ4v) is 2.69. The van der Waals surface area contributed by atoms with Gasteiger partial charge < -0.3 is 11.5 Å². The Morgan fingerprint density at radius 2 is 2.17 bits per heavy atom. The van der Waals surface area contributed by atoms with E-state index < -0.39 is 11.4 Å². The number of hydrogen-bond donors (Lipinski definition) is 2. The topological polar surface area (TPSA) is 99.8 Å². The van der Waals surface area contributed by atoms with Crippen molar-refractivity contribution in [3.05, 3.63) is 11.9 Å². The number of carbonyl (C=O) groups excluding carboxylic acids is 1. The summed E-state index contributed by atoms with van der Waals surface area (Å²) in [6.45, 7) is 2.05. The molecule has 4 N–H and O–H groups in total. The van der Waals surface area contributed by atoms with Gasteiger partial charge in [-0.25, -0.2) is 4.68 Å². The minimum atomic E-state index is -0.476. The first-order valence-electron chi connectivity index (χ1n) is 6.48. The molecule has 6 heteroatoms. The molecule has 1 saturated carbocycles. The van der Waals surface area contributed by atoms with Crippen molar-refractivity contribution in [2.24, 2.45) is 17.4 Å². The van der Waals surface area contributed by atoms with Crippen LogP contribution in [0.2, 0.25) is 0 Å². The van der Waals surface area contributed by atoms with Gasteiger partial charge in [-0.05, 0) is 25.7 Å². The van der Waals surface area contributed by atoms with Crippen LogP contribution < -0.4 is 11.5 Å². The molecule has 1 amide bonds. The van der Waals surface area contributed by atoms with Gasteiger partial charge in [-0.15, -0.1) is 5.10 Å². The first-order chi connectivity index (χ1) is 8.50. The molecule has 6 nitrogen and oxygen atoms in total. The zero-order valence-corrected chi connectivity index (χ0v) is 10.8. The van der Waals surface area contributed by atoms with E-state index in [4.69, 9.17) is 11.5 Å². The van der Waals surface area contributed by atoms with Gasteiger partial charge in [-0.3, -0.25) is 4.79 Å². The number of primary amides is 1. The molecule has 0 aliphatic heterocycles. The van der Waals surface area contributed by atoms with Crippen molar-refractivity contribution in [3.8, 4) is 0 Å². The summed E-state index contributed by atoms with van der Waals surface area (Å²) in [6.07, 6.45) is 7.76. The van der Waals surface area contributed by atoms with Gasteiger partial charge >= 0.3 is 0 Å². The fourth-order valence-electron chi connectivity index (χ4n) is 2.69. The molecule has 1 heterocycles. The Kier molecular flexibility index (Phi) is 3.65. The molecule has 1 aliphatic rings. The van der Waals surface area contributed by atoms with Crippen LogP contribution in [0, 0.1) is 5.92 Å². The highest BCUT2D eigenvalue weighted by Crippen LogP contribution is 2.36. The summed E-state index contributed by atoms with van der Waals surface area (Å²) in [4.78, 5) is 10.8. The summed E-state index contributed by atoms with van der Waals surface area (Å²) in [5.41, 5.74) is 11.8. The van der Waals surface area contributed by atoms with Crippen LogP contribution in [-0.2, 0) is 16.9 Å². The van der Waals surface area contributed by atoms with E-state index in [2.05, 4.69) is 10.3 Å². The number of nitrogens with two attached hydrogens (primary N) is 2. The standard InChI is InChI=1S/C12H21N5O/c1-12(14,9-5-3-2-4-6-9)10-7-17(16-15-10)8-11(13)18/h7,9H,2-6,8,14H2,1H3,(H2,13,18)/t12-/m0/s1. The lowest BCUT2D eigenvalue weighted by molar-refractivity contribution is -0.118. The third-order valence-electron chi connectivity index (χ3n) is 3.86. The Hall–Kier alpha value is -1.43. The molecule has 1 aromatic heterocycles. The highest BCUT2D eigenvalue weighted by Gasteiger charge is 2.35. The van der Waals surface area contributed by atoms with Crippen molar-refractivity contribution in [1.29, 1.82) is 0 Å². The lowest BCUT2D eigenvalue weighted by Crippen LogP contribution is -2.42. The quantitative estimate of drug-likeness (QED) is 0.814. The SMILES string of the molecule is C[C@@](N)(c1cn(CC(N)=O)nn1)C1CCCCC1.